The van der Waals surface area contributed by atoms with E-state index in [1.54, 1.807) is 26.4 Å². The maximum atomic E-state index is 12.7. The summed E-state index contributed by atoms with van der Waals surface area (Å²) in [6, 6.07) is 4.85. The second-order valence-electron chi connectivity index (χ2n) is 4.82. The van der Waals surface area contributed by atoms with Crippen LogP contribution in [0.3, 0.4) is 0 Å². The van der Waals surface area contributed by atoms with Gasteiger partial charge in [-0.1, -0.05) is 0 Å². The Hall–Kier alpha value is -1.15. The van der Waals surface area contributed by atoms with E-state index in [4.69, 9.17) is 15.2 Å². The third-order valence-corrected chi connectivity index (χ3v) is 4.89. The summed E-state index contributed by atoms with van der Waals surface area (Å²) in [7, 11) is -0.442. The second-order valence-corrected chi connectivity index (χ2v) is 6.76. The van der Waals surface area contributed by atoms with Crippen LogP contribution in [-0.2, 0) is 19.5 Å². The number of ether oxygens (including phenoxy) is 2. The van der Waals surface area contributed by atoms with Gasteiger partial charge in [-0.25, -0.2) is 8.42 Å². The van der Waals surface area contributed by atoms with Crippen molar-refractivity contribution in [1.29, 1.82) is 0 Å². The average Bonchev–Trinajstić information content (AvgIpc) is 2.41. The van der Waals surface area contributed by atoms with Crippen LogP contribution in [0.1, 0.15) is 12.0 Å². The van der Waals surface area contributed by atoms with Gasteiger partial charge in [0.15, 0.2) is 0 Å². The molecule has 0 bridgehead atoms. The Morgan fingerprint density at radius 1 is 1.10 bits per heavy atom. The summed E-state index contributed by atoms with van der Waals surface area (Å²) < 4.78 is 36.8. The van der Waals surface area contributed by atoms with Crippen molar-refractivity contribution >= 4 is 15.7 Å². The van der Waals surface area contributed by atoms with Gasteiger partial charge in [0.25, 0.3) is 0 Å². The van der Waals surface area contributed by atoms with Crippen LogP contribution in [-0.4, -0.2) is 53.2 Å². The molecule has 0 fully saturated rings. The molecule has 21 heavy (non-hydrogen) atoms. The van der Waals surface area contributed by atoms with Gasteiger partial charge >= 0.3 is 0 Å². The number of nitrogens with zero attached hydrogens (tertiary/aromatic N) is 1. The summed E-state index contributed by atoms with van der Waals surface area (Å²) in [5.41, 5.74) is 7.01. The summed E-state index contributed by atoms with van der Waals surface area (Å²) >= 11 is 0. The molecule has 0 aromatic heterocycles. The lowest BCUT2D eigenvalue weighted by Crippen LogP contribution is -2.35. The molecule has 0 saturated carbocycles. The fourth-order valence-electron chi connectivity index (χ4n) is 2.01. The molecule has 6 nitrogen and oxygen atoms in total. The van der Waals surface area contributed by atoms with Gasteiger partial charge in [-0.2, -0.15) is 4.31 Å². The van der Waals surface area contributed by atoms with E-state index in [2.05, 4.69) is 0 Å². The molecule has 2 N–H and O–H groups in total. The Bertz CT molecular complexity index is 526. The first-order valence-corrected chi connectivity index (χ1v) is 8.21. The first-order valence-electron chi connectivity index (χ1n) is 6.77. The van der Waals surface area contributed by atoms with E-state index in [1.165, 1.54) is 10.4 Å². The highest BCUT2D eigenvalue weighted by Crippen LogP contribution is 2.20. The molecule has 120 valence electrons. The largest absolute Gasteiger partial charge is 0.399 e. The van der Waals surface area contributed by atoms with Crippen LogP contribution in [0.2, 0.25) is 0 Å². The Balaban J connectivity index is 3.01. The van der Waals surface area contributed by atoms with Gasteiger partial charge in [0.1, 0.15) is 0 Å². The Morgan fingerprint density at radius 2 is 1.76 bits per heavy atom. The van der Waals surface area contributed by atoms with Crippen molar-refractivity contribution in [3.05, 3.63) is 23.8 Å². The van der Waals surface area contributed by atoms with Crippen LogP contribution in [0.25, 0.3) is 0 Å². The van der Waals surface area contributed by atoms with E-state index in [9.17, 15) is 8.42 Å². The van der Waals surface area contributed by atoms with Gasteiger partial charge in [-0.15, -0.1) is 0 Å². The number of sulfonamides is 1. The highest BCUT2D eigenvalue weighted by molar-refractivity contribution is 7.89. The van der Waals surface area contributed by atoms with E-state index >= 15 is 0 Å². The second kappa shape index (κ2) is 8.33. The van der Waals surface area contributed by atoms with Crippen molar-refractivity contribution in [2.45, 2.75) is 18.2 Å². The maximum absolute atomic E-state index is 12.7. The van der Waals surface area contributed by atoms with Crippen LogP contribution in [0.15, 0.2) is 23.1 Å². The lowest BCUT2D eigenvalue weighted by atomic mass is 10.2. The van der Waals surface area contributed by atoms with E-state index in [-0.39, 0.29) is 4.90 Å². The van der Waals surface area contributed by atoms with Gasteiger partial charge in [0.05, 0.1) is 11.5 Å². The van der Waals surface area contributed by atoms with Crippen LogP contribution in [0, 0.1) is 6.92 Å². The molecule has 0 atom stereocenters. The number of hydrogen-bond acceptors (Lipinski definition) is 5. The molecule has 1 aromatic carbocycles. The molecule has 0 heterocycles. The topological polar surface area (TPSA) is 81.9 Å². The number of rotatable bonds is 9. The summed E-state index contributed by atoms with van der Waals surface area (Å²) in [5, 5.41) is 0. The monoisotopic (exact) mass is 316 g/mol. The number of nitrogen functional groups attached to an aromatic ring is 1. The zero-order chi connectivity index (χ0) is 15.9. The van der Waals surface area contributed by atoms with Crippen molar-refractivity contribution in [3.8, 4) is 0 Å². The maximum Gasteiger partial charge on any atom is 0.243 e. The molecule has 1 aromatic rings. The fraction of sp³-hybridized carbons (Fsp3) is 0.571. The van der Waals surface area contributed by atoms with Crippen LogP contribution >= 0.6 is 0 Å². The van der Waals surface area contributed by atoms with Gasteiger partial charge in [-0.05, 0) is 37.1 Å². The van der Waals surface area contributed by atoms with E-state index in [0.29, 0.717) is 38.4 Å². The first kappa shape index (κ1) is 17.9. The molecule has 0 aliphatic carbocycles. The van der Waals surface area contributed by atoms with Crippen LogP contribution in [0.4, 0.5) is 5.69 Å². The predicted octanol–water partition coefficient (Wildman–Crippen LogP) is 1.25. The third-order valence-electron chi connectivity index (χ3n) is 3.01. The number of aryl methyl sites for hydroxylation is 1. The van der Waals surface area contributed by atoms with Crippen LogP contribution < -0.4 is 5.73 Å². The number of nitrogens with two attached hydrogens (primary N) is 1. The molecular weight excluding hydrogens is 292 g/mol. The minimum atomic E-state index is -3.58. The van der Waals surface area contributed by atoms with Gasteiger partial charge < -0.3 is 15.2 Å². The molecule has 0 aliphatic heterocycles. The van der Waals surface area contributed by atoms with E-state index < -0.39 is 10.0 Å². The molecule has 0 amide bonds. The predicted molar refractivity (Wildman–Crippen MR) is 82.7 cm³/mol. The van der Waals surface area contributed by atoms with Crippen molar-refractivity contribution in [3.63, 3.8) is 0 Å². The standard InChI is InChI=1S/C14H24N2O4S/c1-12-9-13(15)11-14(10-12)21(17,18)16(6-8-20-3)5-4-7-19-2/h9-11H,4-8,15H2,1-3H3. The minimum Gasteiger partial charge on any atom is -0.399 e. The summed E-state index contributed by atoms with van der Waals surface area (Å²) in [4.78, 5) is 0.216. The summed E-state index contributed by atoms with van der Waals surface area (Å²) in [6.45, 7) is 3.35. The van der Waals surface area contributed by atoms with Crippen LogP contribution in [0.5, 0.6) is 0 Å². The quantitative estimate of drug-likeness (QED) is 0.548. The number of anilines is 1. The van der Waals surface area contributed by atoms with Crippen molar-refractivity contribution in [2.24, 2.45) is 0 Å². The highest BCUT2D eigenvalue weighted by Gasteiger charge is 2.24. The Labute approximate surface area is 126 Å². The smallest absolute Gasteiger partial charge is 0.243 e. The molecule has 0 aliphatic rings. The average molecular weight is 316 g/mol. The van der Waals surface area contributed by atoms with E-state index in [0.717, 1.165) is 5.56 Å². The number of methoxy groups -OCH3 is 2. The molecule has 0 spiro atoms. The van der Waals surface area contributed by atoms with Gasteiger partial charge in [0, 0.05) is 39.6 Å². The normalized spacial score (nSPS) is 12.0. The fourth-order valence-corrected chi connectivity index (χ4v) is 3.61. The van der Waals surface area contributed by atoms with Gasteiger partial charge in [-0.3, -0.25) is 0 Å². The van der Waals surface area contributed by atoms with Crippen molar-refractivity contribution in [1.82, 2.24) is 4.31 Å². The lowest BCUT2D eigenvalue weighted by molar-refractivity contribution is 0.164. The van der Waals surface area contributed by atoms with Crippen molar-refractivity contribution in [2.75, 3.05) is 46.3 Å². The molecule has 7 heteroatoms. The zero-order valence-corrected chi connectivity index (χ0v) is 13.6. The molecular formula is C14H24N2O4S. The lowest BCUT2D eigenvalue weighted by Gasteiger charge is -2.22. The third kappa shape index (κ3) is 5.28. The highest BCUT2D eigenvalue weighted by atomic mass is 32.2. The van der Waals surface area contributed by atoms with Crippen molar-refractivity contribution < 1.29 is 17.9 Å². The molecule has 0 saturated heterocycles. The zero-order valence-electron chi connectivity index (χ0n) is 12.8. The molecule has 0 unspecified atom stereocenters. The Kier molecular flexibility index (Phi) is 7.10. The summed E-state index contributed by atoms with van der Waals surface area (Å²) in [6.07, 6.45) is 0.626. The van der Waals surface area contributed by atoms with Gasteiger partial charge in [0.2, 0.25) is 10.0 Å². The number of hydrogen-bond donors (Lipinski definition) is 1. The molecule has 0 radical (unpaired) electrons. The minimum absolute atomic E-state index is 0.216. The Morgan fingerprint density at radius 3 is 2.33 bits per heavy atom. The number of benzene rings is 1. The SMILES string of the molecule is COCCCN(CCOC)S(=O)(=O)c1cc(C)cc(N)c1. The van der Waals surface area contributed by atoms with E-state index in [1.807, 2.05) is 6.92 Å². The molecule has 1 rings (SSSR count). The summed E-state index contributed by atoms with van der Waals surface area (Å²) in [5.74, 6) is 0. The first-order chi connectivity index (χ1) is 9.91.